The number of hydrogen-bond acceptors (Lipinski definition) is 5. The van der Waals surface area contributed by atoms with E-state index >= 15 is 0 Å². The predicted molar refractivity (Wildman–Crippen MR) is 147 cm³/mol. The molecule has 0 radical (unpaired) electrons. The molecule has 0 bridgehead atoms. The van der Waals surface area contributed by atoms with Crippen LogP contribution in [0.25, 0.3) is 20.9 Å². The number of fused-ring (bicyclic) bond motifs is 2. The minimum Gasteiger partial charge on any atom is -0.340 e. The Labute approximate surface area is 224 Å². The first-order valence-electron chi connectivity index (χ1n) is 11.9. The number of rotatable bonds is 7. The van der Waals surface area contributed by atoms with Gasteiger partial charge in [-0.05, 0) is 52.8 Å². The van der Waals surface area contributed by atoms with Gasteiger partial charge in [0, 0.05) is 29.9 Å². The fourth-order valence-electron chi connectivity index (χ4n) is 4.62. The molecule has 1 aliphatic rings. The van der Waals surface area contributed by atoms with Crippen LogP contribution in [0.5, 0.6) is 0 Å². The molecular formula is C27H26ClN3O4S2. The maximum atomic E-state index is 13.2. The lowest BCUT2D eigenvalue weighted by atomic mass is 10.0. The van der Waals surface area contributed by atoms with Crippen LogP contribution in [0, 0.1) is 0 Å². The maximum absolute atomic E-state index is 13.2. The zero-order valence-electron chi connectivity index (χ0n) is 20.2. The van der Waals surface area contributed by atoms with Gasteiger partial charge in [-0.2, -0.15) is 4.72 Å². The molecule has 1 aliphatic heterocycles. The Balaban J connectivity index is 1.25. The Morgan fingerprint density at radius 3 is 2.73 bits per heavy atom. The number of benzene rings is 3. The second-order valence-corrected chi connectivity index (χ2v) is 12.7. The highest BCUT2D eigenvalue weighted by atomic mass is 35.5. The third-order valence-corrected chi connectivity index (χ3v) is 9.87. The lowest BCUT2D eigenvalue weighted by Gasteiger charge is -2.33. The monoisotopic (exact) mass is 555 g/mol. The van der Waals surface area contributed by atoms with Crippen molar-refractivity contribution in [1.82, 2.24) is 14.5 Å². The van der Waals surface area contributed by atoms with Crippen LogP contribution in [0.2, 0.25) is 5.02 Å². The summed E-state index contributed by atoms with van der Waals surface area (Å²) >= 11 is 7.13. The van der Waals surface area contributed by atoms with E-state index in [1.807, 2.05) is 42.5 Å². The number of carbonyl (C=O) groups is 2. The summed E-state index contributed by atoms with van der Waals surface area (Å²) in [6.07, 6.45) is 0.979. The fraction of sp³-hybridized carbons (Fsp3) is 0.259. The van der Waals surface area contributed by atoms with Gasteiger partial charge in [0.05, 0.1) is 6.54 Å². The SMILES string of the molecule is CN(Cc1cccc2ccccc12)C(=O)CN1CCC[C@H](NS(=O)(=O)c2cc3ccc(Cl)cc3s2)C1=O. The lowest BCUT2D eigenvalue weighted by Crippen LogP contribution is -2.54. The number of hydrogen-bond donors (Lipinski definition) is 1. The zero-order valence-corrected chi connectivity index (χ0v) is 22.6. The van der Waals surface area contributed by atoms with Gasteiger partial charge in [-0.1, -0.05) is 60.1 Å². The molecule has 1 fully saturated rings. The molecule has 2 heterocycles. The van der Waals surface area contributed by atoms with Crippen molar-refractivity contribution in [2.75, 3.05) is 20.1 Å². The van der Waals surface area contributed by atoms with E-state index in [-0.39, 0.29) is 22.6 Å². The standard InChI is InChI=1S/C27H26ClN3O4S2/c1-30(16-20-8-4-7-18-6-2-3-9-22(18)20)25(32)17-31-13-5-10-23(27(31)33)29-37(34,35)26-14-19-11-12-21(28)15-24(19)36-26/h2-4,6-9,11-12,14-15,23,29H,5,10,13,16-17H2,1H3/t23-/m0/s1. The first kappa shape index (κ1) is 25.7. The largest absolute Gasteiger partial charge is 0.340 e. The highest BCUT2D eigenvalue weighted by molar-refractivity contribution is 7.91. The summed E-state index contributed by atoms with van der Waals surface area (Å²) in [5.41, 5.74) is 1.02. The average Bonchev–Trinajstić information content (AvgIpc) is 3.31. The van der Waals surface area contributed by atoms with Gasteiger partial charge in [-0.15, -0.1) is 11.3 Å². The minimum absolute atomic E-state index is 0.0975. The molecule has 192 valence electrons. The van der Waals surface area contributed by atoms with Gasteiger partial charge < -0.3 is 9.80 Å². The molecule has 0 unspecified atom stereocenters. The highest BCUT2D eigenvalue weighted by Crippen LogP contribution is 2.31. The molecule has 7 nitrogen and oxygen atoms in total. The molecule has 1 N–H and O–H groups in total. The van der Waals surface area contributed by atoms with E-state index in [4.69, 9.17) is 11.6 Å². The molecule has 5 rings (SSSR count). The van der Waals surface area contributed by atoms with Crippen LogP contribution in [0.3, 0.4) is 0 Å². The van der Waals surface area contributed by atoms with Crippen LogP contribution in [0.15, 0.2) is 70.9 Å². The summed E-state index contributed by atoms with van der Waals surface area (Å²) in [4.78, 5) is 29.2. The summed E-state index contributed by atoms with van der Waals surface area (Å²) in [5, 5.41) is 3.48. The summed E-state index contributed by atoms with van der Waals surface area (Å²) < 4.78 is 29.6. The Bertz CT molecular complexity index is 1600. The third-order valence-electron chi connectivity index (χ3n) is 6.59. The summed E-state index contributed by atoms with van der Waals surface area (Å²) in [7, 11) is -2.20. The normalized spacial score (nSPS) is 16.4. The second-order valence-electron chi connectivity index (χ2n) is 9.21. The summed E-state index contributed by atoms with van der Waals surface area (Å²) in [5.74, 6) is -0.586. The molecule has 1 atom stereocenters. The molecule has 0 aliphatic carbocycles. The fourth-order valence-corrected chi connectivity index (χ4v) is 7.54. The first-order chi connectivity index (χ1) is 17.7. The van der Waals surface area contributed by atoms with E-state index in [2.05, 4.69) is 4.72 Å². The second kappa shape index (κ2) is 10.4. The van der Waals surface area contributed by atoms with Gasteiger partial charge >= 0.3 is 0 Å². The third kappa shape index (κ3) is 5.50. The van der Waals surface area contributed by atoms with Gasteiger partial charge in [0.2, 0.25) is 11.8 Å². The van der Waals surface area contributed by atoms with E-state index in [9.17, 15) is 18.0 Å². The Morgan fingerprint density at radius 1 is 1.11 bits per heavy atom. The van der Waals surface area contributed by atoms with Crippen LogP contribution in [0.4, 0.5) is 0 Å². The molecule has 10 heteroatoms. The molecule has 0 spiro atoms. The van der Waals surface area contributed by atoms with Crippen molar-refractivity contribution in [2.24, 2.45) is 0 Å². The van der Waals surface area contributed by atoms with Crippen molar-refractivity contribution in [2.45, 2.75) is 29.6 Å². The molecular weight excluding hydrogens is 530 g/mol. The molecule has 1 aromatic heterocycles. The average molecular weight is 556 g/mol. The number of thiophene rings is 1. The van der Waals surface area contributed by atoms with Gasteiger partial charge in [-0.25, -0.2) is 8.42 Å². The van der Waals surface area contributed by atoms with Crippen LogP contribution >= 0.6 is 22.9 Å². The van der Waals surface area contributed by atoms with Crippen molar-refractivity contribution in [3.05, 3.63) is 77.3 Å². The molecule has 37 heavy (non-hydrogen) atoms. The summed E-state index contributed by atoms with van der Waals surface area (Å²) in [6.45, 7) is 0.722. The van der Waals surface area contributed by atoms with E-state index in [1.54, 1.807) is 36.2 Å². The first-order valence-corrected chi connectivity index (χ1v) is 14.6. The van der Waals surface area contributed by atoms with Crippen LogP contribution in [0.1, 0.15) is 18.4 Å². The number of carbonyl (C=O) groups excluding carboxylic acids is 2. The van der Waals surface area contributed by atoms with Crippen molar-refractivity contribution < 1.29 is 18.0 Å². The van der Waals surface area contributed by atoms with Crippen molar-refractivity contribution in [1.29, 1.82) is 0 Å². The van der Waals surface area contributed by atoms with Gasteiger partial charge in [0.15, 0.2) is 0 Å². The van der Waals surface area contributed by atoms with Gasteiger partial charge in [0.1, 0.15) is 10.3 Å². The van der Waals surface area contributed by atoms with Gasteiger partial charge in [-0.3, -0.25) is 9.59 Å². The quantitative estimate of drug-likeness (QED) is 0.360. The number of likely N-dealkylation sites (tertiary alicyclic amines) is 1. The van der Waals surface area contributed by atoms with Crippen LogP contribution in [-0.4, -0.2) is 56.2 Å². The number of nitrogens with one attached hydrogen (secondary N) is 1. The number of sulfonamides is 1. The number of amides is 2. The smallest absolute Gasteiger partial charge is 0.250 e. The molecule has 1 saturated heterocycles. The van der Waals surface area contributed by atoms with Crippen molar-refractivity contribution in [3.63, 3.8) is 0 Å². The maximum Gasteiger partial charge on any atom is 0.250 e. The Kier molecular flexibility index (Phi) is 7.22. The zero-order chi connectivity index (χ0) is 26.2. The Morgan fingerprint density at radius 2 is 1.89 bits per heavy atom. The van der Waals surface area contributed by atoms with Crippen molar-refractivity contribution in [3.8, 4) is 0 Å². The number of halogens is 1. The van der Waals surface area contributed by atoms with Crippen LogP contribution in [-0.2, 0) is 26.2 Å². The predicted octanol–water partition coefficient (Wildman–Crippen LogP) is 4.64. The van der Waals surface area contributed by atoms with Crippen LogP contribution < -0.4 is 4.72 Å². The lowest BCUT2D eigenvalue weighted by molar-refractivity contribution is -0.142. The number of likely N-dealkylation sites (N-methyl/N-ethyl adjacent to an activating group) is 1. The summed E-state index contributed by atoms with van der Waals surface area (Å²) in [6, 6.07) is 19.8. The van der Waals surface area contributed by atoms with E-state index in [0.29, 0.717) is 31.0 Å². The highest BCUT2D eigenvalue weighted by Gasteiger charge is 2.34. The molecule has 0 saturated carbocycles. The van der Waals surface area contributed by atoms with E-state index in [1.165, 1.54) is 4.90 Å². The minimum atomic E-state index is -3.91. The van der Waals surface area contributed by atoms with E-state index in [0.717, 1.165) is 37.8 Å². The molecule has 4 aromatic rings. The molecule has 2 amide bonds. The number of nitrogens with zero attached hydrogens (tertiary/aromatic N) is 2. The number of piperidine rings is 1. The topological polar surface area (TPSA) is 86.8 Å². The van der Waals surface area contributed by atoms with Gasteiger partial charge in [0.25, 0.3) is 10.0 Å². The Hall–Kier alpha value is -2.98. The molecule has 3 aromatic carbocycles. The van der Waals surface area contributed by atoms with E-state index < -0.39 is 16.1 Å². The van der Waals surface area contributed by atoms with Crippen molar-refractivity contribution >= 4 is 65.6 Å².